The van der Waals surface area contributed by atoms with Crippen molar-refractivity contribution in [2.75, 3.05) is 0 Å². The maximum Gasteiger partial charge on any atom is 0.269 e. The first-order chi connectivity index (χ1) is 14.4. The largest absolute Gasteiger partial charge is 0.269 e. The zero-order valence-corrected chi connectivity index (χ0v) is 16.3. The van der Waals surface area contributed by atoms with Crippen molar-refractivity contribution in [3.63, 3.8) is 0 Å². The van der Waals surface area contributed by atoms with Gasteiger partial charge in [-0.1, -0.05) is 12.1 Å². The monoisotopic (exact) mass is 399 g/mol. The summed E-state index contributed by atoms with van der Waals surface area (Å²) in [5.41, 5.74) is 3.21. The molecule has 0 aliphatic rings. The van der Waals surface area contributed by atoms with Gasteiger partial charge in [0, 0.05) is 12.1 Å². The first kappa shape index (κ1) is 19.1. The fourth-order valence-electron chi connectivity index (χ4n) is 3.19. The third-order valence-electron chi connectivity index (χ3n) is 4.72. The number of hydrogen-bond donors (Lipinski definition) is 0. The molecule has 0 saturated heterocycles. The second kappa shape index (κ2) is 7.67. The highest BCUT2D eigenvalue weighted by Crippen LogP contribution is 2.25. The zero-order chi connectivity index (χ0) is 21.3. The minimum absolute atomic E-state index is 0.000658. The SMILES string of the molecule is Cc1cc(-n2c(C)nc3ccccc3c2=O)ccc1N=Nc1ccc([N+](=O)[O-])cc1. The van der Waals surface area contributed by atoms with Crippen molar-refractivity contribution < 1.29 is 4.92 Å². The summed E-state index contributed by atoms with van der Waals surface area (Å²) in [5.74, 6) is 0.596. The predicted octanol–water partition coefficient (Wildman–Crippen LogP) is 5.33. The fourth-order valence-corrected chi connectivity index (χ4v) is 3.19. The molecule has 0 bridgehead atoms. The van der Waals surface area contributed by atoms with E-state index in [0.717, 1.165) is 5.56 Å². The average molecular weight is 399 g/mol. The normalized spacial score (nSPS) is 11.3. The van der Waals surface area contributed by atoms with E-state index < -0.39 is 4.92 Å². The van der Waals surface area contributed by atoms with E-state index in [9.17, 15) is 14.9 Å². The molecule has 0 aliphatic carbocycles. The van der Waals surface area contributed by atoms with Gasteiger partial charge in [0.1, 0.15) is 5.82 Å². The lowest BCUT2D eigenvalue weighted by molar-refractivity contribution is -0.384. The van der Waals surface area contributed by atoms with Crippen LogP contribution in [0.1, 0.15) is 11.4 Å². The molecule has 0 radical (unpaired) electrons. The molecule has 0 aliphatic heterocycles. The van der Waals surface area contributed by atoms with Crippen LogP contribution in [-0.4, -0.2) is 14.5 Å². The van der Waals surface area contributed by atoms with E-state index in [1.54, 1.807) is 29.7 Å². The van der Waals surface area contributed by atoms with Gasteiger partial charge in [-0.3, -0.25) is 19.5 Å². The van der Waals surface area contributed by atoms with Crippen LogP contribution in [0.15, 0.2) is 81.8 Å². The number of nitro groups is 1. The van der Waals surface area contributed by atoms with Gasteiger partial charge in [0.2, 0.25) is 0 Å². The van der Waals surface area contributed by atoms with Gasteiger partial charge >= 0.3 is 0 Å². The Hall–Kier alpha value is -4.20. The standard InChI is InChI=1S/C22H17N5O3/c1-14-13-18(26-15(2)23-21-6-4-3-5-19(21)22(26)28)11-12-20(14)25-24-16-7-9-17(10-8-16)27(29)30/h3-13H,1-2H3. The second-order valence-electron chi connectivity index (χ2n) is 6.76. The Morgan fingerprint density at radius 1 is 0.967 bits per heavy atom. The van der Waals surface area contributed by atoms with Crippen LogP contribution in [0, 0.1) is 24.0 Å². The summed E-state index contributed by atoms with van der Waals surface area (Å²) in [5, 5.41) is 19.7. The Bertz CT molecular complexity index is 1360. The predicted molar refractivity (Wildman–Crippen MR) is 114 cm³/mol. The van der Waals surface area contributed by atoms with E-state index in [-0.39, 0.29) is 11.2 Å². The van der Waals surface area contributed by atoms with Gasteiger partial charge < -0.3 is 0 Å². The number of non-ortho nitro benzene ring substituents is 1. The molecule has 4 rings (SSSR count). The van der Waals surface area contributed by atoms with Crippen molar-refractivity contribution in [1.82, 2.24) is 9.55 Å². The lowest BCUT2D eigenvalue weighted by atomic mass is 10.1. The van der Waals surface area contributed by atoms with E-state index in [2.05, 4.69) is 15.2 Å². The van der Waals surface area contributed by atoms with Crippen LogP contribution >= 0.6 is 0 Å². The average Bonchev–Trinajstić information content (AvgIpc) is 2.73. The van der Waals surface area contributed by atoms with Crippen molar-refractivity contribution in [3.8, 4) is 5.69 Å². The summed E-state index contributed by atoms with van der Waals surface area (Å²) in [6.45, 7) is 3.67. The van der Waals surface area contributed by atoms with Crippen LogP contribution < -0.4 is 5.56 Å². The summed E-state index contributed by atoms with van der Waals surface area (Å²) >= 11 is 0. The van der Waals surface area contributed by atoms with E-state index in [0.29, 0.717) is 33.8 Å². The number of hydrogen-bond acceptors (Lipinski definition) is 6. The van der Waals surface area contributed by atoms with Gasteiger partial charge in [0.05, 0.1) is 32.9 Å². The highest BCUT2D eigenvalue weighted by molar-refractivity contribution is 5.77. The van der Waals surface area contributed by atoms with Gasteiger partial charge in [-0.25, -0.2) is 4.98 Å². The molecular formula is C22H17N5O3. The number of para-hydroxylation sites is 1. The molecule has 1 aromatic heterocycles. The van der Waals surface area contributed by atoms with Crippen molar-refractivity contribution in [2.24, 2.45) is 10.2 Å². The molecule has 0 amide bonds. The van der Waals surface area contributed by atoms with Crippen LogP contribution in [0.3, 0.4) is 0 Å². The molecule has 0 N–H and O–H groups in total. The Kier molecular flexibility index (Phi) is 4.89. The number of fused-ring (bicyclic) bond motifs is 1. The van der Waals surface area contributed by atoms with Crippen molar-refractivity contribution in [2.45, 2.75) is 13.8 Å². The number of rotatable bonds is 4. The Morgan fingerprint density at radius 2 is 1.70 bits per heavy atom. The third-order valence-corrected chi connectivity index (χ3v) is 4.72. The summed E-state index contributed by atoms with van der Waals surface area (Å²) < 4.78 is 1.58. The maximum absolute atomic E-state index is 13.0. The molecule has 3 aromatic carbocycles. The number of nitrogens with zero attached hydrogens (tertiary/aromatic N) is 5. The van der Waals surface area contributed by atoms with Gasteiger partial charge in [-0.05, 0) is 61.9 Å². The molecule has 0 fully saturated rings. The Morgan fingerprint density at radius 3 is 2.40 bits per heavy atom. The van der Waals surface area contributed by atoms with Gasteiger partial charge in [0.15, 0.2) is 0 Å². The smallest absolute Gasteiger partial charge is 0.268 e. The topological polar surface area (TPSA) is 103 Å². The first-order valence-corrected chi connectivity index (χ1v) is 9.19. The van der Waals surface area contributed by atoms with Crippen LogP contribution in [0.4, 0.5) is 17.1 Å². The fraction of sp³-hybridized carbons (Fsp3) is 0.0909. The first-order valence-electron chi connectivity index (χ1n) is 9.19. The quantitative estimate of drug-likeness (QED) is 0.263. The van der Waals surface area contributed by atoms with Crippen molar-refractivity contribution in [3.05, 3.63) is 98.6 Å². The lowest BCUT2D eigenvalue weighted by Crippen LogP contribution is -2.22. The minimum Gasteiger partial charge on any atom is -0.268 e. The number of azo groups is 1. The number of nitro benzene ring substituents is 1. The third kappa shape index (κ3) is 3.58. The zero-order valence-electron chi connectivity index (χ0n) is 16.3. The van der Waals surface area contributed by atoms with E-state index >= 15 is 0 Å². The van der Waals surface area contributed by atoms with Gasteiger partial charge in [0.25, 0.3) is 11.2 Å². The number of aromatic nitrogens is 2. The van der Waals surface area contributed by atoms with Crippen LogP contribution in [0.5, 0.6) is 0 Å². The number of aryl methyl sites for hydroxylation is 2. The maximum atomic E-state index is 13.0. The van der Waals surface area contributed by atoms with Crippen LogP contribution in [0.25, 0.3) is 16.6 Å². The molecule has 4 aromatic rings. The van der Waals surface area contributed by atoms with E-state index in [4.69, 9.17) is 0 Å². The Balaban J connectivity index is 1.68. The summed E-state index contributed by atoms with van der Waals surface area (Å²) in [4.78, 5) is 27.8. The lowest BCUT2D eigenvalue weighted by Gasteiger charge is -2.12. The second-order valence-corrected chi connectivity index (χ2v) is 6.76. The molecule has 0 unspecified atom stereocenters. The summed E-state index contributed by atoms with van der Waals surface area (Å²) in [6.07, 6.45) is 0. The molecule has 148 valence electrons. The molecule has 1 heterocycles. The summed E-state index contributed by atoms with van der Waals surface area (Å²) in [6, 6.07) is 18.5. The van der Waals surface area contributed by atoms with Crippen molar-refractivity contribution >= 4 is 28.0 Å². The minimum atomic E-state index is -0.463. The molecule has 0 saturated carbocycles. The molecule has 30 heavy (non-hydrogen) atoms. The molecule has 8 heteroatoms. The van der Waals surface area contributed by atoms with E-state index in [1.807, 2.05) is 31.2 Å². The van der Waals surface area contributed by atoms with E-state index in [1.165, 1.54) is 24.3 Å². The molecule has 0 atom stereocenters. The molecule has 0 spiro atoms. The van der Waals surface area contributed by atoms with Gasteiger partial charge in [-0.15, -0.1) is 0 Å². The van der Waals surface area contributed by atoms with Gasteiger partial charge in [-0.2, -0.15) is 10.2 Å². The Labute approximate surface area is 171 Å². The van der Waals surface area contributed by atoms with Crippen LogP contribution in [-0.2, 0) is 0 Å². The van der Waals surface area contributed by atoms with Crippen molar-refractivity contribution in [1.29, 1.82) is 0 Å². The van der Waals surface area contributed by atoms with Crippen LogP contribution in [0.2, 0.25) is 0 Å². The highest BCUT2D eigenvalue weighted by Gasteiger charge is 2.11. The molecule has 8 nitrogen and oxygen atoms in total. The highest BCUT2D eigenvalue weighted by atomic mass is 16.6. The molecular weight excluding hydrogens is 382 g/mol. The number of benzene rings is 3. The summed E-state index contributed by atoms with van der Waals surface area (Å²) in [7, 11) is 0.